The predicted molar refractivity (Wildman–Crippen MR) is 154 cm³/mol. The van der Waals surface area contributed by atoms with Gasteiger partial charge in [0.15, 0.2) is 6.20 Å². The molecule has 0 spiro atoms. The number of carbonyl (C=O) groups excluding carboxylic acids is 1. The van der Waals surface area contributed by atoms with E-state index in [1.165, 1.54) is 6.20 Å². The van der Waals surface area contributed by atoms with Crippen molar-refractivity contribution in [3.05, 3.63) is 45.4 Å². The molecule has 6 nitrogen and oxygen atoms in total. The zero-order chi connectivity index (χ0) is 27.4. The maximum Gasteiger partial charge on any atom is 0.348 e. The molecule has 2 aliphatic rings. The van der Waals surface area contributed by atoms with Crippen LogP contribution in [0, 0.1) is 34.3 Å². The number of carboxylic acid groups (broad SMARTS) is 1. The molecule has 2 aromatic rings. The van der Waals surface area contributed by atoms with Gasteiger partial charge in [-0.05, 0) is 90.2 Å². The van der Waals surface area contributed by atoms with Crippen LogP contribution >= 0.6 is 23.1 Å². The molecule has 2 aliphatic carbocycles. The molecule has 0 unspecified atom stereocenters. The Labute approximate surface area is 234 Å². The van der Waals surface area contributed by atoms with Crippen LogP contribution in [0.25, 0.3) is 0 Å². The van der Waals surface area contributed by atoms with Crippen LogP contribution < -0.4 is 9.63 Å². The smallest absolute Gasteiger partial charge is 0.348 e. The molecule has 2 aromatic heterocycles. The Kier molecular flexibility index (Phi) is 9.10. The molecule has 8 heteroatoms. The second kappa shape index (κ2) is 12.1. The average Bonchev–Trinajstić information content (AvgIpc) is 3.29. The van der Waals surface area contributed by atoms with E-state index in [0.29, 0.717) is 21.5 Å². The van der Waals surface area contributed by atoms with Gasteiger partial charge in [0, 0.05) is 34.8 Å². The molecule has 1 N–H and O–H groups in total. The summed E-state index contributed by atoms with van der Waals surface area (Å²) in [7, 11) is 0. The van der Waals surface area contributed by atoms with Crippen molar-refractivity contribution in [1.29, 1.82) is 0 Å². The summed E-state index contributed by atoms with van der Waals surface area (Å²) < 4.78 is 0.904. The fraction of sp³-hybridized carbons (Fsp3) is 0.567. The fourth-order valence-corrected chi connectivity index (χ4v) is 7.33. The second-order valence-electron chi connectivity index (χ2n) is 11.7. The number of hydrogen-bond acceptors (Lipinski definition) is 5. The van der Waals surface area contributed by atoms with E-state index < -0.39 is 5.97 Å². The Bertz CT molecular complexity index is 1210. The third-order valence-electron chi connectivity index (χ3n) is 7.41. The number of amides is 1. The van der Waals surface area contributed by atoms with Crippen molar-refractivity contribution in [3.8, 4) is 11.8 Å². The van der Waals surface area contributed by atoms with Gasteiger partial charge in [-0.25, -0.2) is 4.79 Å². The Morgan fingerprint density at radius 2 is 1.79 bits per heavy atom. The van der Waals surface area contributed by atoms with Crippen molar-refractivity contribution in [2.24, 2.45) is 17.3 Å². The molecule has 38 heavy (non-hydrogen) atoms. The van der Waals surface area contributed by atoms with E-state index in [9.17, 15) is 19.9 Å². The Morgan fingerprint density at radius 3 is 2.39 bits per heavy atom. The van der Waals surface area contributed by atoms with Gasteiger partial charge in [0.25, 0.3) is 5.03 Å². The average molecular weight is 555 g/mol. The molecule has 0 aromatic carbocycles. The van der Waals surface area contributed by atoms with Crippen LogP contribution in [0.5, 0.6) is 0 Å². The number of aromatic carboxylic acids is 1. The second-order valence-corrected chi connectivity index (χ2v) is 14.1. The Balaban J connectivity index is 1.61. The zero-order valence-electron chi connectivity index (χ0n) is 22.7. The monoisotopic (exact) mass is 554 g/mol. The van der Waals surface area contributed by atoms with Crippen LogP contribution in [0.15, 0.2) is 35.5 Å². The first-order valence-corrected chi connectivity index (χ1v) is 15.3. The van der Waals surface area contributed by atoms with Crippen molar-refractivity contribution in [1.82, 2.24) is 0 Å². The number of anilines is 1. The molecule has 2 saturated carbocycles. The van der Waals surface area contributed by atoms with Crippen molar-refractivity contribution in [3.63, 3.8) is 0 Å². The number of nitrogens with zero attached hydrogens (tertiary/aromatic N) is 2. The zero-order valence-corrected chi connectivity index (χ0v) is 24.4. The lowest BCUT2D eigenvalue weighted by Gasteiger charge is -2.39. The van der Waals surface area contributed by atoms with E-state index in [2.05, 4.69) is 18.8 Å². The van der Waals surface area contributed by atoms with E-state index in [4.69, 9.17) is 0 Å². The molecule has 0 saturated heterocycles. The summed E-state index contributed by atoms with van der Waals surface area (Å²) in [5.74, 6) is 5.94. The fourth-order valence-electron chi connectivity index (χ4n) is 5.32. The van der Waals surface area contributed by atoms with Crippen LogP contribution in [0.2, 0.25) is 0 Å². The first-order chi connectivity index (χ1) is 18.0. The summed E-state index contributed by atoms with van der Waals surface area (Å²) >= 11 is 2.76. The Morgan fingerprint density at radius 1 is 1.11 bits per heavy atom. The van der Waals surface area contributed by atoms with Crippen molar-refractivity contribution in [2.75, 3.05) is 4.90 Å². The van der Waals surface area contributed by atoms with Gasteiger partial charge < -0.3 is 15.2 Å². The molecule has 2 fully saturated rings. The van der Waals surface area contributed by atoms with Gasteiger partial charge in [-0.15, -0.1) is 11.3 Å². The van der Waals surface area contributed by atoms with Crippen LogP contribution in [-0.4, -0.2) is 28.3 Å². The van der Waals surface area contributed by atoms with E-state index in [0.717, 1.165) is 67.4 Å². The van der Waals surface area contributed by atoms with Crippen LogP contribution in [0.4, 0.5) is 5.69 Å². The largest absolute Gasteiger partial charge is 0.618 e. The first-order valence-electron chi connectivity index (χ1n) is 13.6. The van der Waals surface area contributed by atoms with Gasteiger partial charge in [-0.2, -0.15) is 4.73 Å². The number of aromatic nitrogens is 1. The van der Waals surface area contributed by atoms with E-state index in [1.807, 2.05) is 43.9 Å². The number of hydrogen-bond donors (Lipinski definition) is 1. The minimum absolute atomic E-state index is 0.0593. The highest BCUT2D eigenvalue weighted by atomic mass is 32.2. The van der Waals surface area contributed by atoms with Crippen molar-refractivity contribution >= 4 is 40.7 Å². The number of thioether (sulfide) groups is 1. The highest BCUT2D eigenvalue weighted by Gasteiger charge is 2.38. The van der Waals surface area contributed by atoms with Crippen molar-refractivity contribution in [2.45, 2.75) is 95.4 Å². The van der Waals surface area contributed by atoms with Gasteiger partial charge in [0.05, 0.1) is 10.6 Å². The topological polar surface area (TPSA) is 84.5 Å². The maximum atomic E-state index is 14.1. The first kappa shape index (κ1) is 28.5. The Hall–Kier alpha value is -2.50. The summed E-state index contributed by atoms with van der Waals surface area (Å²) in [6.07, 6.45) is 8.54. The molecule has 0 radical (unpaired) electrons. The summed E-state index contributed by atoms with van der Waals surface area (Å²) in [5.41, 5.74) is 0.291. The number of thiophene rings is 1. The molecule has 2 heterocycles. The molecule has 0 bridgehead atoms. The highest BCUT2D eigenvalue weighted by molar-refractivity contribution is 7.99. The standard InChI is InChI=1S/C30H38N2O4S2/c1-20-8-10-21(11-9-20)28(33)32(25-19-24(16-17-30(2,3)4)38-27(25)29(34)35)22-12-14-23(15-13-22)37-26-7-5-6-18-31(26)36/h5-7,18-23H,8-15H2,1-4H3,(H,34,35). The summed E-state index contributed by atoms with van der Waals surface area (Å²) in [6, 6.07) is 7.20. The predicted octanol–water partition coefficient (Wildman–Crippen LogP) is 6.74. The van der Waals surface area contributed by atoms with Crippen LogP contribution in [0.1, 0.15) is 93.6 Å². The molecule has 0 aliphatic heterocycles. The normalized spacial score (nSPS) is 23.8. The molecule has 1 amide bonds. The van der Waals surface area contributed by atoms with E-state index in [1.54, 1.807) is 17.8 Å². The number of rotatable bonds is 6. The lowest BCUT2D eigenvalue weighted by atomic mass is 9.81. The summed E-state index contributed by atoms with van der Waals surface area (Å²) in [5, 5.41) is 23.2. The molecular formula is C30H38N2O4S2. The number of pyridine rings is 1. The highest BCUT2D eigenvalue weighted by Crippen LogP contribution is 2.41. The van der Waals surface area contributed by atoms with Gasteiger partial charge in [-0.1, -0.05) is 30.5 Å². The SMILES string of the molecule is CC1CCC(C(=O)N(c2cc(C#CC(C)(C)C)sc2C(=O)O)C2CCC(Sc3cccc[n+]3[O-])CC2)CC1. The maximum absolute atomic E-state index is 14.1. The number of carbonyl (C=O) groups is 2. The van der Waals surface area contributed by atoms with Gasteiger partial charge in [-0.3, -0.25) is 4.79 Å². The van der Waals surface area contributed by atoms with Gasteiger partial charge in [0.2, 0.25) is 5.91 Å². The van der Waals surface area contributed by atoms with Crippen molar-refractivity contribution < 1.29 is 19.4 Å². The third-order valence-corrected chi connectivity index (χ3v) is 9.80. The van der Waals surface area contributed by atoms with E-state index >= 15 is 0 Å². The minimum atomic E-state index is -1.02. The lowest BCUT2D eigenvalue weighted by molar-refractivity contribution is -0.645. The number of carboxylic acids is 1. The molecule has 0 atom stereocenters. The quantitative estimate of drug-likeness (QED) is 0.243. The lowest BCUT2D eigenvalue weighted by Crippen LogP contribution is -2.47. The minimum Gasteiger partial charge on any atom is -0.618 e. The van der Waals surface area contributed by atoms with Crippen LogP contribution in [-0.2, 0) is 4.79 Å². The molecule has 204 valence electrons. The summed E-state index contributed by atoms with van der Waals surface area (Å²) in [4.78, 5) is 29.1. The van der Waals surface area contributed by atoms with E-state index in [-0.39, 0.29) is 33.4 Å². The molecule has 4 rings (SSSR count). The third kappa shape index (κ3) is 7.12. The summed E-state index contributed by atoms with van der Waals surface area (Å²) in [6.45, 7) is 8.30. The van der Waals surface area contributed by atoms with Gasteiger partial charge in [0.1, 0.15) is 4.88 Å². The molecular weight excluding hydrogens is 516 g/mol. The van der Waals surface area contributed by atoms with Crippen LogP contribution in [0.3, 0.4) is 0 Å². The van der Waals surface area contributed by atoms with Gasteiger partial charge >= 0.3 is 5.97 Å².